The Balaban J connectivity index is 3.57. The third kappa shape index (κ3) is 3.40. The maximum absolute atomic E-state index is 4.80. The fraction of sp³-hybridized carbons (Fsp3) is 0.500. The number of hydrogen-bond donors (Lipinski definition) is 0. The minimum Gasteiger partial charge on any atom is -0.500 e. The van der Waals surface area contributed by atoms with E-state index in [-0.39, 0.29) is 0 Å². The molecule has 0 amide bonds. The van der Waals surface area contributed by atoms with E-state index in [1.165, 1.54) is 0 Å². The standard InChI is InChI=1S/C6H11NO/c1-4-7-5-6(2)8-3/h4-5H,1-3H3/b6-5+,7-4?. The van der Waals surface area contributed by atoms with Crippen molar-refractivity contribution in [3.63, 3.8) is 0 Å². The van der Waals surface area contributed by atoms with Crippen LogP contribution >= 0.6 is 0 Å². The quantitative estimate of drug-likeness (QED) is 0.393. The summed E-state index contributed by atoms with van der Waals surface area (Å²) in [5, 5.41) is 0. The van der Waals surface area contributed by atoms with Gasteiger partial charge in [0.2, 0.25) is 0 Å². The fourth-order valence-corrected chi connectivity index (χ4v) is 0.232. The van der Waals surface area contributed by atoms with Crippen LogP contribution in [0.15, 0.2) is 17.0 Å². The Labute approximate surface area is 49.9 Å². The molecule has 0 bridgehead atoms. The smallest absolute Gasteiger partial charge is 0.111 e. The van der Waals surface area contributed by atoms with E-state index in [0.717, 1.165) is 5.76 Å². The molecule has 0 radical (unpaired) electrons. The molecule has 0 rings (SSSR count). The van der Waals surface area contributed by atoms with Gasteiger partial charge in [-0.05, 0) is 13.8 Å². The summed E-state index contributed by atoms with van der Waals surface area (Å²) in [6.45, 7) is 3.71. The zero-order valence-corrected chi connectivity index (χ0v) is 5.51. The topological polar surface area (TPSA) is 21.6 Å². The summed E-state index contributed by atoms with van der Waals surface area (Å²) in [7, 11) is 1.62. The Morgan fingerprint density at radius 2 is 2.25 bits per heavy atom. The molecule has 8 heavy (non-hydrogen) atoms. The van der Waals surface area contributed by atoms with Gasteiger partial charge in [-0.2, -0.15) is 0 Å². The molecule has 0 saturated heterocycles. The molecule has 0 aliphatic rings. The predicted molar refractivity (Wildman–Crippen MR) is 34.9 cm³/mol. The number of rotatable bonds is 2. The summed E-state index contributed by atoms with van der Waals surface area (Å²) in [5.41, 5.74) is 0. The zero-order chi connectivity index (χ0) is 6.41. The highest BCUT2D eigenvalue weighted by atomic mass is 16.5. The van der Waals surface area contributed by atoms with Crippen LogP contribution in [0.5, 0.6) is 0 Å². The third-order valence-corrected chi connectivity index (χ3v) is 0.727. The highest BCUT2D eigenvalue weighted by Crippen LogP contribution is 1.90. The lowest BCUT2D eigenvalue weighted by Crippen LogP contribution is -1.75. The lowest BCUT2D eigenvalue weighted by molar-refractivity contribution is 0.292. The van der Waals surface area contributed by atoms with Crippen LogP contribution < -0.4 is 0 Å². The lowest BCUT2D eigenvalue weighted by Gasteiger charge is -1.92. The van der Waals surface area contributed by atoms with E-state index < -0.39 is 0 Å². The van der Waals surface area contributed by atoms with Gasteiger partial charge >= 0.3 is 0 Å². The molecule has 2 nitrogen and oxygen atoms in total. The summed E-state index contributed by atoms with van der Waals surface area (Å²) in [6, 6.07) is 0. The molecular formula is C6H11NO. The number of nitrogens with zero attached hydrogens (tertiary/aromatic N) is 1. The molecule has 0 fully saturated rings. The molecule has 0 atom stereocenters. The van der Waals surface area contributed by atoms with E-state index in [2.05, 4.69) is 4.99 Å². The number of methoxy groups -OCH3 is 1. The van der Waals surface area contributed by atoms with E-state index in [0.29, 0.717) is 0 Å². The minimum absolute atomic E-state index is 0.822. The average molecular weight is 113 g/mol. The zero-order valence-electron chi connectivity index (χ0n) is 5.51. The van der Waals surface area contributed by atoms with E-state index in [9.17, 15) is 0 Å². The molecule has 0 heterocycles. The Kier molecular flexibility index (Phi) is 3.94. The summed E-state index contributed by atoms with van der Waals surface area (Å²) in [6.07, 6.45) is 3.38. The number of ether oxygens (including phenoxy) is 1. The van der Waals surface area contributed by atoms with Crippen LogP contribution in [0.25, 0.3) is 0 Å². The van der Waals surface area contributed by atoms with Gasteiger partial charge in [0.1, 0.15) is 5.76 Å². The first-order valence-corrected chi connectivity index (χ1v) is 2.49. The third-order valence-electron chi connectivity index (χ3n) is 0.727. The molecule has 0 aromatic carbocycles. The normalized spacial score (nSPS) is 12.6. The Bertz CT molecular complexity index is 105. The van der Waals surface area contributed by atoms with Gasteiger partial charge in [0, 0.05) is 6.21 Å². The van der Waals surface area contributed by atoms with Gasteiger partial charge in [-0.25, -0.2) is 0 Å². The fourth-order valence-electron chi connectivity index (χ4n) is 0.232. The van der Waals surface area contributed by atoms with Crippen molar-refractivity contribution in [2.75, 3.05) is 7.11 Å². The highest BCUT2D eigenvalue weighted by Gasteiger charge is 1.76. The van der Waals surface area contributed by atoms with Gasteiger partial charge in [-0.15, -0.1) is 0 Å². The molecule has 0 saturated carbocycles. The van der Waals surface area contributed by atoms with Gasteiger partial charge in [0.05, 0.1) is 13.3 Å². The first-order chi connectivity index (χ1) is 3.81. The molecule has 0 aliphatic carbocycles. The summed E-state index contributed by atoms with van der Waals surface area (Å²) >= 11 is 0. The van der Waals surface area contributed by atoms with E-state index in [4.69, 9.17) is 4.74 Å². The minimum atomic E-state index is 0.822. The Morgan fingerprint density at radius 1 is 1.62 bits per heavy atom. The van der Waals surface area contributed by atoms with Crippen molar-refractivity contribution in [3.05, 3.63) is 12.0 Å². The van der Waals surface area contributed by atoms with Crippen molar-refractivity contribution in [1.82, 2.24) is 0 Å². The van der Waals surface area contributed by atoms with Crippen LogP contribution in [-0.2, 0) is 4.74 Å². The van der Waals surface area contributed by atoms with Gasteiger partial charge in [0.25, 0.3) is 0 Å². The van der Waals surface area contributed by atoms with Crippen molar-refractivity contribution in [2.45, 2.75) is 13.8 Å². The molecule has 2 heteroatoms. The number of aliphatic imine (C=N–C) groups is 1. The summed E-state index contributed by atoms with van der Waals surface area (Å²) in [4.78, 5) is 3.83. The van der Waals surface area contributed by atoms with Crippen LogP contribution in [0.1, 0.15) is 13.8 Å². The Hall–Kier alpha value is -0.790. The molecule has 0 unspecified atom stereocenters. The first-order valence-electron chi connectivity index (χ1n) is 2.49. The lowest BCUT2D eigenvalue weighted by atomic mass is 10.6. The van der Waals surface area contributed by atoms with Crippen LogP contribution in [0.2, 0.25) is 0 Å². The molecule has 0 N–H and O–H groups in total. The maximum atomic E-state index is 4.80. The number of hydrogen-bond acceptors (Lipinski definition) is 2. The van der Waals surface area contributed by atoms with Crippen molar-refractivity contribution >= 4 is 6.21 Å². The van der Waals surface area contributed by atoms with Gasteiger partial charge in [0.15, 0.2) is 0 Å². The average Bonchev–Trinajstić information content (AvgIpc) is 1.83. The van der Waals surface area contributed by atoms with Gasteiger partial charge in [-0.1, -0.05) is 0 Å². The van der Waals surface area contributed by atoms with Crippen LogP contribution in [0.4, 0.5) is 0 Å². The molecule has 46 valence electrons. The van der Waals surface area contributed by atoms with Crippen molar-refractivity contribution in [1.29, 1.82) is 0 Å². The monoisotopic (exact) mass is 113 g/mol. The largest absolute Gasteiger partial charge is 0.500 e. The van der Waals surface area contributed by atoms with Crippen molar-refractivity contribution in [3.8, 4) is 0 Å². The summed E-state index contributed by atoms with van der Waals surface area (Å²) < 4.78 is 4.80. The van der Waals surface area contributed by atoms with E-state index in [1.807, 2.05) is 13.8 Å². The molecule has 0 aliphatic heterocycles. The maximum Gasteiger partial charge on any atom is 0.111 e. The van der Waals surface area contributed by atoms with Crippen LogP contribution in [0.3, 0.4) is 0 Å². The second-order valence-electron chi connectivity index (χ2n) is 1.35. The van der Waals surface area contributed by atoms with Crippen molar-refractivity contribution < 1.29 is 4.74 Å². The second kappa shape index (κ2) is 4.37. The van der Waals surface area contributed by atoms with Gasteiger partial charge < -0.3 is 4.74 Å². The van der Waals surface area contributed by atoms with E-state index in [1.54, 1.807) is 19.5 Å². The van der Waals surface area contributed by atoms with Crippen molar-refractivity contribution in [2.24, 2.45) is 4.99 Å². The van der Waals surface area contributed by atoms with Crippen LogP contribution in [0, 0.1) is 0 Å². The highest BCUT2D eigenvalue weighted by molar-refractivity contribution is 5.54. The molecule has 0 spiro atoms. The summed E-state index contributed by atoms with van der Waals surface area (Å²) in [5.74, 6) is 0.822. The van der Waals surface area contributed by atoms with Crippen LogP contribution in [-0.4, -0.2) is 13.3 Å². The second-order valence-corrected chi connectivity index (χ2v) is 1.35. The Morgan fingerprint density at radius 3 is 2.62 bits per heavy atom. The first kappa shape index (κ1) is 7.21. The predicted octanol–water partition coefficient (Wildman–Crippen LogP) is 1.58. The van der Waals surface area contributed by atoms with Gasteiger partial charge in [-0.3, -0.25) is 4.99 Å². The SMILES string of the molecule is CC=N/C=C(\C)OC. The molecule has 0 aromatic rings. The van der Waals surface area contributed by atoms with E-state index >= 15 is 0 Å². The number of allylic oxidation sites excluding steroid dienone is 1. The molecule has 0 aromatic heterocycles. The molecular weight excluding hydrogens is 102 g/mol.